The second kappa shape index (κ2) is 7.19. The second-order valence-electron chi connectivity index (χ2n) is 6.03. The van der Waals surface area contributed by atoms with E-state index in [2.05, 4.69) is 28.8 Å². The lowest BCUT2D eigenvalue weighted by Crippen LogP contribution is -2.46. The zero-order chi connectivity index (χ0) is 15.5. The van der Waals surface area contributed by atoms with Crippen LogP contribution in [0.3, 0.4) is 0 Å². The Morgan fingerprint density at radius 2 is 2.24 bits per heavy atom. The summed E-state index contributed by atoms with van der Waals surface area (Å²) in [6.45, 7) is 6.68. The van der Waals surface area contributed by atoms with E-state index in [4.69, 9.17) is 0 Å². The topological polar surface area (TPSA) is 61.4 Å². The van der Waals surface area contributed by atoms with Gasteiger partial charge in [-0.2, -0.15) is 0 Å². The first-order chi connectivity index (χ1) is 9.87. The summed E-state index contributed by atoms with van der Waals surface area (Å²) < 4.78 is 28.1. The van der Waals surface area contributed by atoms with Crippen molar-refractivity contribution in [1.29, 1.82) is 0 Å². The highest BCUT2D eigenvalue weighted by molar-refractivity contribution is 7.91. The maximum absolute atomic E-state index is 12.4. The summed E-state index contributed by atoms with van der Waals surface area (Å²) in [5.41, 5.74) is 1.02. The minimum absolute atomic E-state index is 0.0214. The molecule has 2 rings (SSSR count). The van der Waals surface area contributed by atoms with Crippen molar-refractivity contribution in [2.45, 2.75) is 49.5 Å². The molecule has 0 amide bonds. The van der Waals surface area contributed by atoms with Crippen molar-refractivity contribution in [3.63, 3.8) is 0 Å². The number of piperidine rings is 1. The van der Waals surface area contributed by atoms with Gasteiger partial charge in [0, 0.05) is 25.2 Å². The average Bonchev–Trinajstić information content (AvgIpc) is 2.85. The van der Waals surface area contributed by atoms with E-state index in [1.807, 2.05) is 12.4 Å². The number of rotatable bonds is 6. The molecule has 2 heterocycles. The lowest BCUT2D eigenvalue weighted by Gasteiger charge is -2.29. The lowest BCUT2D eigenvalue weighted by molar-refractivity contribution is 0.242. The van der Waals surface area contributed by atoms with Gasteiger partial charge < -0.3 is 10.2 Å². The molecule has 1 aliphatic rings. The molecular formula is C14H25N3O2S2. The fourth-order valence-corrected chi connectivity index (χ4v) is 4.94. The van der Waals surface area contributed by atoms with Crippen LogP contribution in [0.15, 0.2) is 15.7 Å². The highest BCUT2D eigenvalue weighted by Crippen LogP contribution is 2.21. The van der Waals surface area contributed by atoms with Crippen molar-refractivity contribution in [2.75, 3.05) is 20.1 Å². The molecule has 0 aliphatic carbocycles. The molecule has 2 N–H and O–H groups in total. The SMILES string of the molecule is CC(C)NCc1csc(S(=O)(=O)NC2CCCN(C)C2)c1. The van der Waals surface area contributed by atoms with E-state index in [-0.39, 0.29) is 6.04 Å². The average molecular weight is 332 g/mol. The number of likely N-dealkylation sites (N-methyl/N-ethyl adjacent to an activating group) is 1. The Hall–Kier alpha value is -0.470. The number of nitrogens with one attached hydrogen (secondary N) is 2. The Morgan fingerprint density at radius 1 is 1.48 bits per heavy atom. The molecule has 1 aromatic heterocycles. The number of hydrogen-bond donors (Lipinski definition) is 2. The van der Waals surface area contributed by atoms with Crippen LogP contribution in [-0.4, -0.2) is 45.5 Å². The van der Waals surface area contributed by atoms with Gasteiger partial charge in [-0.1, -0.05) is 13.8 Å². The highest BCUT2D eigenvalue weighted by Gasteiger charge is 2.24. The van der Waals surface area contributed by atoms with Crippen molar-refractivity contribution in [3.05, 3.63) is 17.0 Å². The third kappa shape index (κ3) is 5.03. The summed E-state index contributed by atoms with van der Waals surface area (Å²) >= 11 is 1.29. The van der Waals surface area contributed by atoms with Crippen molar-refractivity contribution in [1.82, 2.24) is 14.9 Å². The van der Waals surface area contributed by atoms with Crippen molar-refractivity contribution in [3.8, 4) is 0 Å². The first kappa shape index (κ1) is 16.9. The molecule has 120 valence electrons. The number of sulfonamides is 1. The van der Waals surface area contributed by atoms with Crippen LogP contribution in [0.4, 0.5) is 0 Å². The molecular weight excluding hydrogens is 306 g/mol. The summed E-state index contributed by atoms with van der Waals surface area (Å²) in [5, 5.41) is 5.21. The van der Waals surface area contributed by atoms with E-state index < -0.39 is 10.0 Å². The summed E-state index contributed by atoms with van der Waals surface area (Å²) in [7, 11) is -1.36. The standard InChI is InChI=1S/C14H25N3O2S2/c1-11(2)15-8-12-7-14(20-10-12)21(18,19)16-13-5-4-6-17(3)9-13/h7,10-11,13,15-16H,4-6,8-9H2,1-3H3. The van der Waals surface area contributed by atoms with Gasteiger partial charge in [-0.25, -0.2) is 13.1 Å². The third-order valence-corrected chi connectivity index (χ3v) is 6.56. The molecule has 0 radical (unpaired) electrons. The molecule has 1 fully saturated rings. The van der Waals surface area contributed by atoms with Gasteiger partial charge in [0.05, 0.1) is 0 Å². The minimum atomic E-state index is -3.39. The van der Waals surface area contributed by atoms with E-state index in [1.165, 1.54) is 11.3 Å². The van der Waals surface area contributed by atoms with Crippen LogP contribution in [0.2, 0.25) is 0 Å². The first-order valence-electron chi connectivity index (χ1n) is 7.38. The number of thiophene rings is 1. The van der Waals surface area contributed by atoms with Crippen molar-refractivity contribution < 1.29 is 8.42 Å². The van der Waals surface area contributed by atoms with E-state index >= 15 is 0 Å². The third-order valence-electron chi connectivity index (χ3n) is 3.56. The van der Waals surface area contributed by atoms with Gasteiger partial charge >= 0.3 is 0 Å². The van der Waals surface area contributed by atoms with Gasteiger partial charge in [-0.3, -0.25) is 0 Å². The Labute approximate surface area is 131 Å². The molecule has 0 bridgehead atoms. The summed E-state index contributed by atoms with van der Waals surface area (Å²) in [5.74, 6) is 0. The Kier molecular flexibility index (Phi) is 5.79. The highest BCUT2D eigenvalue weighted by atomic mass is 32.2. The van der Waals surface area contributed by atoms with Crippen molar-refractivity contribution >= 4 is 21.4 Å². The smallest absolute Gasteiger partial charge is 0.250 e. The summed E-state index contributed by atoms with van der Waals surface area (Å²) in [6, 6.07) is 2.18. The van der Waals surface area contributed by atoms with E-state index in [0.717, 1.165) is 31.5 Å². The number of hydrogen-bond acceptors (Lipinski definition) is 5. The maximum Gasteiger partial charge on any atom is 0.250 e. The quantitative estimate of drug-likeness (QED) is 0.831. The predicted octanol–water partition coefficient (Wildman–Crippen LogP) is 1.62. The largest absolute Gasteiger partial charge is 0.310 e. The zero-order valence-corrected chi connectivity index (χ0v) is 14.6. The van der Waals surface area contributed by atoms with Crippen LogP contribution < -0.4 is 10.0 Å². The normalized spacial score (nSPS) is 21.0. The molecule has 1 unspecified atom stereocenters. The molecule has 0 aromatic carbocycles. The molecule has 0 saturated carbocycles. The second-order valence-corrected chi connectivity index (χ2v) is 8.88. The van der Waals surface area contributed by atoms with E-state index in [9.17, 15) is 8.42 Å². The van der Waals surface area contributed by atoms with Gasteiger partial charge in [0.15, 0.2) is 0 Å². The fraction of sp³-hybridized carbons (Fsp3) is 0.714. The van der Waals surface area contributed by atoms with Crippen LogP contribution in [-0.2, 0) is 16.6 Å². The predicted molar refractivity (Wildman–Crippen MR) is 87.1 cm³/mol. The molecule has 1 saturated heterocycles. The number of likely N-dealkylation sites (tertiary alicyclic amines) is 1. The Morgan fingerprint density at radius 3 is 2.90 bits per heavy atom. The first-order valence-corrected chi connectivity index (χ1v) is 9.75. The molecule has 1 aromatic rings. The molecule has 5 nitrogen and oxygen atoms in total. The van der Waals surface area contributed by atoms with Crippen LogP contribution in [0.1, 0.15) is 32.3 Å². The fourth-order valence-electron chi connectivity index (χ4n) is 2.45. The van der Waals surface area contributed by atoms with Gasteiger partial charge in [0.25, 0.3) is 0 Å². The summed E-state index contributed by atoms with van der Waals surface area (Å²) in [6.07, 6.45) is 1.95. The monoisotopic (exact) mass is 331 g/mol. The molecule has 1 atom stereocenters. The maximum atomic E-state index is 12.4. The summed E-state index contributed by atoms with van der Waals surface area (Å²) in [4.78, 5) is 2.17. The van der Waals surface area contributed by atoms with Gasteiger partial charge in [-0.15, -0.1) is 11.3 Å². The van der Waals surface area contributed by atoms with E-state index in [0.29, 0.717) is 16.8 Å². The van der Waals surface area contributed by atoms with Crippen LogP contribution in [0, 0.1) is 0 Å². The molecule has 0 spiro atoms. The number of nitrogens with zero attached hydrogens (tertiary/aromatic N) is 1. The molecule has 21 heavy (non-hydrogen) atoms. The molecule has 1 aliphatic heterocycles. The lowest BCUT2D eigenvalue weighted by atomic mass is 10.1. The van der Waals surface area contributed by atoms with Crippen molar-refractivity contribution in [2.24, 2.45) is 0 Å². The minimum Gasteiger partial charge on any atom is -0.310 e. The van der Waals surface area contributed by atoms with E-state index in [1.54, 1.807) is 6.07 Å². The van der Waals surface area contributed by atoms with Gasteiger partial charge in [0.2, 0.25) is 10.0 Å². The van der Waals surface area contributed by atoms with Crippen LogP contribution >= 0.6 is 11.3 Å². The Balaban J connectivity index is 1.98. The van der Waals surface area contributed by atoms with Crippen LogP contribution in [0.25, 0.3) is 0 Å². The Bertz CT molecular complexity index is 554. The van der Waals surface area contributed by atoms with Gasteiger partial charge in [0.1, 0.15) is 4.21 Å². The van der Waals surface area contributed by atoms with Crippen LogP contribution in [0.5, 0.6) is 0 Å². The van der Waals surface area contributed by atoms with Gasteiger partial charge in [-0.05, 0) is 43.4 Å². The zero-order valence-electron chi connectivity index (χ0n) is 12.9. The molecule has 7 heteroatoms.